The monoisotopic (exact) mass is 399 g/mol. The molecule has 2 rings (SSSR count). The standard InChI is InChI=1S/C17H25N3O4S2/c1-11-18-15(10-25-11)14(19-16(21)24-17(2,3)4)9-12-5-7-13(8-6-12)20-26(22)23/h5-8,10-11,14,18,26H,9H2,1-4H3,(H,19,21)(H,20,22,23)/t11?,14-/m0/s1. The van der Waals surface area contributed by atoms with E-state index < -0.39 is 22.6 Å². The molecule has 0 spiro atoms. The van der Waals surface area contributed by atoms with Crippen LogP contribution in [0, 0.1) is 0 Å². The molecule has 0 radical (unpaired) electrons. The zero-order valence-corrected chi connectivity index (χ0v) is 16.9. The van der Waals surface area contributed by atoms with Gasteiger partial charge in [-0.25, -0.2) is 13.2 Å². The molecule has 1 aliphatic heterocycles. The number of rotatable bonds is 6. The van der Waals surface area contributed by atoms with Crippen LogP contribution in [0.15, 0.2) is 35.4 Å². The van der Waals surface area contributed by atoms with Crippen LogP contribution in [-0.4, -0.2) is 31.5 Å². The molecule has 26 heavy (non-hydrogen) atoms. The third kappa shape index (κ3) is 6.80. The van der Waals surface area contributed by atoms with Gasteiger partial charge >= 0.3 is 6.09 Å². The van der Waals surface area contributed by atoms with Crippen molar-refractivity contribution in [3.05, 3.63) is 40.9 Å². The summed E-state index contributed by atoms with van der Waals surface area (Å²) in [5.41, 5.74) is 1.82. The van der Waals surface area contributed by atoms with Crippen molar-refractivity contribution in [1.29, 1.82) is 0 Å². The molecule has 0 aromatic heterocycles. The van der Waals surface area contributed by atoms with E-state index >= 15 is 0 Å². The molecule has 7 nitrogen and oxygen atoms in total. The van der Waals surface area contributed by atoms with Gasteiger partial charge in [-0.2, -0.15) is 0 Å². The summed E-state index contributed by atoms with van der Waals surface area (Å²) < 4.78 is 29.1. The van der Waals surface area contributed by atoms with Crippen molar-refractivity contribution in [3.63, 3.8) is 0 Å². The number of nitrogens with one attached hydrogen (secondary N) is 3. The average molecular weight is 400 g/mol. The maximum absolute atomic E-state index is 12.2. The summed E-state index contributed by atoms with van der Waals surface area (Å²) in [4.78, 5) is 12.2. The Labute approximate surface area is 160 Å². The molecule has 144 valence electrons. The fraction of sp³-hybridized carbons (Fsp3) is 0.471. The number of hydrogen-bond donors (Lipinski definition) is 4. The number of thioether (sulfide) groups is 1. The van der Waals surface area contributed by atoms with E-state index in [4.69, 9.17) is 4.74 Å². The van der Waals surface area contributed by atoms with Gasteiger partial charge in [-0.15, -0.1) is 11.8 Å². The van der Waals surface area contributed by atoms with E-state index in [1.165, 1.54) is 0 Å². The zero-order chi connectivity index (χ0) is 19.3. The van der Waals surface area contributed by atoms with E-state index in [0.29, 0.717) is 12.1 Å². The number of benzene rings is 1. The molecule has 3 N–H and O–H groups in total. The van der Waals surface area contributed by atoms with Crippen molar-refractivity contribution >= 4 is 34.4 Å². The molecule has 1 amide bonds. The Morgan fingerprint density at radius 3 is 2.46 bits per heavy atom. The Kier molecular flexibility index (Phi) is 6.82. The largest absolute Gasteiger partial charge is 0.444 e. The topological polar surface area (TPSA) is 96.5 Å². The van der Waals surface area contributed by atoms with Crippen LogP contribution < -0.4 is 15.4 Å². The van der Waals surface area contributed by atoms with E-state index in [0.717, 1.165) is 11.3 Å². The van der Waals surface area contributed by atoms with E-state index in [-0.39, 0.29) is 11.4 Å². The molecule has 1 aliphatic rings. The molecule has 2 atom stereocenters. The van der Waals surface area contributed by atoms with Crippen LogP contribution in [0.25, 0.3) is 0 Å². The Bertz CT molecular complexity index is 731. The Morgan fingerprint density at radius 1 is 1.31 bits per heavy atom. The van der Waals surface area contributed by atoms with Gasteiger partial charge in [-0.05, 0) is 57.2 Å². The molecule has 9 heteroatoms. The van der Waals surface area contributed by atoms with Crippen LogP contribution in [-0.2, 0) is 22.0 Å². The van der Waals surface area contributed by atoms with Gasteiger partial charge in [0.15, 0.2) is 0 Å². The molecule has 0 saturated heterocycles. The number of thiol groups is 1. The van der Waals surface area contributed by atoms with E-state index in [1.807, 2.05) is 45.2 Å². The first-order valence-electron chi connectivity index (χ1n) is 8.24. The van der Waals surface area contributed by atoms with Crippen molar-refractivity contribution in [2.45, 2.75) is 51.1 Å². The van der Waals surface area contributed by atoms with E-state index in [9.17, 15) is 13.2 Å². The third-order valence-corrected chi connectivity index (χ3v) is 4.81. The highest BCUT2D eigenvalue weighted by atomic mass is 32.2. The fourth-order valence-corrected chi connectivity index (χ4v) is 3.55. The first-order valence-corrected chi connectivity index (χ1v) is 10.4. The van der Waals surface area contributed by atoms with Crippen LogP contribution in [0.5, 0.6) is 0 Å². The predicted molar refractivity (Wildman–Crippen MR) is 106 cm³/mol. The third-order valence-electron chi connectivity index (χ3n) is 3.45. The van der Waals surface area contributed by atoms with Gasteiger partial charge in [0.25, 0.3) is 0 Å². The predicted octanol–water partition coefficient (Wildman–Crippen LogP) is 2.58. The lowest BCUT2D eigenvalue weighted by Crippen LogP contribution is -2.44. The molecule has 1 heterocycles. The minimum Gasteiger partial charge on any atom is -0.444 e. The normalized spacial score (nSPS) is 18.0. The Hall–Kier alpha value is -1.87. The molecular weight excluding hydrogens is 374 g/mol. The van der Waals surface area contributed by atoms with Crippen molar-refractivity contribution in [2.75, 3.05) is 4.72 Å². The highest BCUT2D eigenvalue weighted by molar-refractivity contribution is 8.02. The first-order chi connectivity index (χ1) is 12.1. The number of carbonyl (C=O) groups is 1. The summed E-state index contributed by atoms with van der Waals surface area (Å²) in [5.74, 6) is 0. The fourth-order valence-electron chi connectivity index (χ4n) is 2.41. The first kappa shape index (κ1) is 20.4. The van der Waals surface area contributed by atoms with E-state index in [2.05, 4.69) is 15.4 Å². The molecule has 1 unspecified atom stereocenters. The maximum Gasteiger partial charge on any atom is 0.408 e. The van der Waals surface area contributed by atoms with Crippen LogP contribution in [0.4, 0.5) is 10.5 Å². The number of carbonyl (C=O) groups excluding carboxylic acids is 1. The Morgan fingerprint density at radius 2 is 1.96 bits per heavy atom. The minimum atomic E-state index is -2.69. The number of alkyl carbamates (subject to hydrolysis) is 1. The number of ether oxygens (including phenoxy) is 1. The minimum absolute atomic E-state index is 0.243. The zero-order valence-electron chi connectivity index (χ0n) is 15.2. The molecule has 1 aromatic carbocycles. The molecule has 0 aliphatic carbocycles. The average Bonchev–Trinajstić information content (AvgIpc) is 2.92. The summed E-state index contributed by atoms with van der Waals surface area (Å²) in [7, 11) is -2.69. The lowest BCUT2D eigenvalue weighted by atomic mass is 10.0. The molecule has 0 saturated carbocycles. The van der Waals surface area contributed by atoms with Gasteiger partial charge in [0.2, 0.25) is 10.9 Å². The summed E-state index contributed by atoms with van der Waals surface area (Å²) >= 11 is 1.65. The lowest BCUT2D eigenvalue weighted by Gasteiger charge is -2.25. The number of hydrogen-bond acceptors (Lipinski definition) is 6. The lowest BCUT2D eigenvalue weighted by molar-refractivity contribution is 0.0510. The number of amides is 1. The van der Waals surface area contributed by atoms with Crippen molar-refractivity contribution in [3.8, 4) is 0 Å². The highest BCUT2D eigenvalue weighted by Crippen LogP contribution is 2.24. The van der Waals surface area contributed by atoms with Crippen molar-refractivity contribution in [2.24, 2.45) is 0 Å². The van der Waals surface area contributed by atoms with Gasteiger partial charge in [-0.1, -0.05) is 12.1 Å². The second-order valence-corrected chi connectivity index (χ2v) is 8.92. The second kappa shape index (κ2) is 8.68. The van der Waals surface area contributed by atoms with Gasteiger partial charge < -0.3 is 15.4 Å². The number of anilines is 1. The van der Waals surface area contributed by atoms with E-state index in [1.54, 1.807) is 23.9 Å². The van der Waals surface area contributed by atoms with Gasteiger partial charge in [0, 0.05) is 11.4 Å². The highest BCUT2D eigenvalue weighted by Gasteiger charge is 2.25. The van der Waals surface area contributed by atoms with Crippen LogP contribution >= 0.6 is 11.8 Å². The second-order valence-electron chi connectivity index (χ2n) is 6.96. The molecule has 0 fully saturated rings. The van der Waals surface area contributed by atoms with Crippen LogP contribution in [0.1, 0.15) is 33.3 Å². The van der Waals surface area contributed by atoms with Crippen molar-refractivity contribution in [1.82, 2.24) is 10.6 Å². The smallest absolute Gasteiger partial charge is 0.408 e. The molecule has 1 aromatic rings. The van der Waals surface area contributed by atoms with Crippen LogP contribution in [0.3, 0.4) is 0 Å². The molecular formula is C17H25N3O4S2. The van der Waals surface area contributed by atoms with Gasteiger partial charge in [0.1, 0.15) is 5.60 Å². The van der Waals surface area contributed by atoms with Gasteiger partial charge in [0.05, 0.1) is 11.4 Å². The summed E-state index contributed by atoms with van der Waals surface area (Å²) in [6, 6.07) is 6.78. The quantitative estimate of drug-likeness (QED) is 0.549. The molecule has 0 bridgehead atoms. The SMILES string of the molecule is CC1NC([C@H](Cc2ccc(N[SH](=O)=O)cc2)NC(=O)OC(C)(C)C)=CS1. The van der Waals surface area contributed by atoms with Gasteiger partial charge in [-0.3, -0.25) is 4.72 Å². The summed E-state index contributed by atoms with van der Waals surface area (Å²) in [6.45, 7) is 7.50. The summed E-state index contributed by atoms with van der Waals surface area (Å²) in [6.07, 6.45) is 0.0752. The summed E-state index contributed by atoms with van der Waals surface area (Å²) in [5, 5.41) is 8.50. The van der Waals surface area contributed by atoms with Crippen molar-refractivity contribution < 1.29 is 17.9 Å². The Balaban J connectivity index is 2.09. The maximum atomic E-state index is 12.2. The van der Waals surface area contributed by atoms with Crippen LogP contribution in [0.2, 0.25) is 0 Å².